The molecule has 0 radical (unpaired) electrons. The first-order chi connectivity index (χ1) is 11.9. The van der Waals surface area contributed by atoms with E-state index in [1.165, 1.54) is 0 Å². The molecular formula is C19H21N3O3. The minimum absolute atomic E-state index is 0.102. The molecule has 0 aliphatic heterocycles. The van der Waals surface area contributed by atoms with E-state index in [0.29, 0.717) is 11.4 Å². The molecule has 2 aromatic carbocycles. The van der Waals surface area contributed by atoms with Gasteiger partial charge >= 0.3 is 5.69 Å². The first kappa shape index (κ1) is 16.8. The van der Waals surface area contributed by atoms with Gasteiger partial charge in [0.05, 0.1) is 11.0 Å². The molecule has 0 unspecified atom stereocenters. The maximum atomic E-state index is 12.4. The van der Waals surface area contributed by atoms with Gasteiger partial charge in [0.1, 0.15) is 5.75 Å². The maximum absolute atomic E-state index is 12.4. The molecule has 6 nitrogen and oxygen atoms in total. The van der Waals surface area contributed by atoms with Crippen LogP contribution in [-0.4, -0.2) is 21.1 Å². The first-order valence-electron chi connectivity index (χ1n) is 8.06. The molecule has 3 aromatic rings. The SMILES string of the molecule is Cc1cccc(O[C@@H](C)C(=O)Nc2ccc3c(c2)n(C)c(=O)n3C)c1. The van der Waals surface area contributed by atoms with Crippen LogP contribution in [0, 0.1) is 6.92 Å². The van der Waals surface area contributed by atoms with Crippen LogP contribution in [0.2, 0.25) is 0 Å². The van der Waals surface area contributed by atoms with E-state index in [9.17, 15) is 9.59 Å². The smallest absolute Gasteiger partial charge is 0.328 e. The topological polar surface area (TPSA) is 65.3 Å². The van der Waals surface area contributed by atoms with Crippen LogP contribution < -0.4 is 15.7 Å². The minimum atomic E-state index is -0.642. The number of hydrogen-bond acceptors (Lipinski definition) is 3. The van der Waals surface area contributed by atoms with Gasteiger partial charge < -0.3 is 10.1 Å². The molecule has 0 fully saturated rings. The summed E-state index contributed by atoms with van der Waals surface area (Å²) < 4.78 is 8.82. The molecule has 6 heteroatoms. The molecule has 25 heavy (non-hydrogen) atoms. The highest BCUT2D eigenvalue weighted by Gasteiger charge is 2.16. The van der Waals surface area contributed by atoms with Gasteiger partial charge in [-0.3, -0.25) is 13.9 Å². The Morgan fingerprint density at radius 3 is 2.52 bits per heavy atom. The summed E-state index contributed by atoms with van der Waals surface area (Å²) in [7, 11) is 3.43. The van der Waals surface area contributed by atoms with Crippen LogP contribution in [0.1, 0.15) is 12.5 Å². The van der Waals surface area contributed by atoms with Crippen LogP contribution in [0.3, 0.4) is 0 Å². The Morgan fingerprint density at radius 1 is 1.08 bits per heavy atom. The highest BCUT2D eigenvalue weighted by atomic mass is 16.5. The molecule has 3 rings (SSSR count). The van der Waals surface area contributed by atoms with Gasteiger partial charge in [-0.1, -0.05) is 12.1 Å². The lowest BCUT2D eigenvalue weighted by Crippen LogP contribution is -2.30. The Kier molecular flexibility index (Phi) is 4.35. The number of carbonyl (C=O) groups excluding carboxylic acids is 1. The number of imidazole rings is 1. The van der Waals surface area contributed by atoms with Crippen LogP contribution >= 0.6 is 0 Å². The van der Waals surface area contributed by atoms with E-state index in [1.807, 2.05) is 37.3 Å². The maximum Gasteiger partial charge on any atom is 0.328 e. The summed E-state index contributed by atoms with van der Waals surface area (Å²) in [6, 6.07) is 12.9. The van der Waals surface area contributed by atoms with Crippen LogP contribution in [0.4, 0.5) is 5.69 Å². The molecule has 1 heterocycles. The number of fused-ring (bicyclic) bond motifs is 1. The summed E-state index contributed by atoms with van der Waals surface area (Å²) in [5.74, 6) is 0.408. The summed E-state index contributed by atoms with van der Waals surface area (Å²) in [6.07, 6.45) is -0.642. The van der Waals surface area contributed by atoms with Crippen molar-refractivity contribution >= 4 is 22.6 Å². The molecule has 0 saturated heterocycles. The number of hydrogen-bond donors (Lipinski definition) is 1. The third-order valence-electron chi connectivity index (χ3n) is 4.21. The number of anilines is 1. The number of aromatic nitrogens is 2. The van der Waals surface area contributed by atoms with Gasteiger partial charge in [-0.05, 0) is 49.7 Å². The van der Waals surface area contributed by atoms with Gasteiger partial charge in [0, 0.05) is 19.8 Å². The van der Waals surface area contributed by atoms with Gasteiger partial charge in [-0.2, -0.15) is 0 Å². The van der Waals surface area contributed by atoms with Crippen molar-refractivity contribution in [2.24, 2.45) is 14.1 Å². The zero-order valence-corrected chi connectivity index (χ0v) is 14.7. The van der Waals surface area contributed by atoms with E-state index < -0.39 is 6.10 Å². The molecular weight excluding hydrogens is 318 g/mol. The Hall–Kier alpha value is -3.02. The average Bonchev–Trinajstić information content (AvgIpc) is 2.79. The van der Waals surface area contributed by atoms with Gasteiger partial charge in [-0.15, -0.1) is 0 Å². The molecule has 0 bridgehead atoms. The predicted octanol–water partition coefficient (Wildman–Crippen LogP) is 2.59. The van der Waals surface area contributed by atoms with Crippen molar-refractivity contribution in [3.05, 3.63) is 58.5 Å². The number of nitrogens with zero attached hydrogens (tertiary/aromatic N) is 2. The molecule has 0 spiro atoms. The lowest BCUT2D eigenvalue weighted by Gasteiger charge is -2.15. The second-order valence-electron chi connectivity index (χ2n) is 6.17. The third-order valence-corrected chi connectivity index (χ3v) is 4.21. The monoisotopic (exact) mass is 339 g/mol. The largest absolute Gasteiger partial charge is 0.481 e. The first-order valence-corrected chi connectivity index (χ1v) is 8.06. The normalized spacial score (nSPS) is 12.2. The van der Waals surface area contributed by atoms with Gasteiger partial charge in [0.25, 0.3) is 5.91 Å². The van der Waals surface area contributed by atoms with E-state index in [2.05, 4.69) is 5.32 Å². The molecule has 1 N–H and O–H groups in total. The number of benzene rings is 2. The van der Waals surface area contributed by atoms with Gasteiger partial charge in [0.15, 0.2) is 6.10 Å². The lowest BCUT2D eigenvalue weighted by atomic mass is 10.2. The van der Waals surface area contributed by atoms with Crippen LogP contribution in [0.5, 0.6) is 5.75 Å². The Bertz CT molecular complexity index is 1000. The van der Waals surface area contributed by atoms with Gasteiger partial charge in [0.2, 0.25) is 0 Å². The number of rotatable bonds is 4. The molecule has 0 aliphatic rings. The van der Waals surface area contributed by atoms with E-state index in [0.717, 1.165) is 16.6 Å². The Morgan fingerprint density at radius 2 is 1.80 bits per heavy atom. The average molecular weight is 339 g/mol. The van der Waals surface area contributed by atoms with Crippen molar-refractivity contribution in [3.63, 3.8) is 0 Å². The van der Waals surface area contributed by atoms with Crippen molar-refractivity contribution in [1.82, 2.24) is 9.13 Å². The van der Waals surface area contributed by atoms with Crippen molar-refractivity contribution in [2.75, 3.05) is 5.32 Å². The summed E-state index contributed by atoms with van der Waals surface area (Å²) in [4.78, 5) is 24.4. The Balaban J connectivity index is 1.77. The third kappa shape index (κ3) is 3.28. The lowest BCUT2D eigenvalue weighted by molar-refractivity contribution is -0.122. The highest BCUT2D eigenvalue weighted by Crippen LogP contribution is 2.19. The fourth-order valence-corrected chi connectivity index (χ4v) is 2.77. The molecule has 0 saturated carbocycles. The van der Waals surface area contributed by atoms with Crippen molar-refractivity contribution < 1.29 is 9.53 Å². The summed E-state index contributed by atoms with van der Waals surface area (Å²) in [5, 5.41) is 2.84. The number of aryl methyl sites for hydroxylation is 3. The highest BCUT2D eigenvalue weighted by molar-refractivity contribution is 5.95. The molecule has 1 atom stereocenters. The van der Waals surface area contributed by atoms with Crippen LogP contribution in [0.15, 0.2) is 47.3 Å². The number of ether oxygens (including phenoxy) is 1. The van der Waals surface area contributed by atoms with Gasteiger partial charge in [-0.25, -0.2) is 4.79 Å². The second-order valence-corrected chi connectivity index (χ2v) is 6.17. The minimum Gasteiger partial charge on any atom is -0.481 e. The summed E-state index contributed by atoms with van der Waals surface area (Å²) in [6.45, 7) is 3.67. The zero-order valence-electron chi connectivity index (χ0n) is 14.7. The molecule has 1 amide bonds. The zero-order chi connectivity index (χ0) is 18.1. The van der Waals surface area contributed by atoms with Crippen LogP contribution in [-0.2, 0) is 18.9 Å². The number of nitrogens with one attached hydrogen (secondary N) is 1. The number of carbonyl (C=O) groups is 1. The quantitative estimate of drug-likeness (QED) is 0.794. The van der Waals surface area contributed by atoms with E-state index in [4.69, 9.17) is 4.74 Å². The fourth-order valence-electron chi connectivity index (χ4n) is 2.77. The van der Waals surface area contributed by atoms with Crippen LogP contribution in [0.25, 0.3) is 11.0 Å². The van der Waals surface area contributed by atoms with E-state index in [1.54, 1.807) is 42.3 Å². The summed E-state index contributed by atoms with van der Waals surface area (Å²) >= 11 is 0. The number of amides is 1. The molecule has 0 aliphatic carbocycles. The molecule has 130 valence electrons. The van der Waals surface area contributed by atoms with Crippen molar-refractivity contribution in [3.8, 4) is 5.75 Å². The van der Waals surface area contributed by atoms with Crippen molar-refractivity contribution in [1.29, 1.82) is 0 Å². The van der Waals surface area contributed by atoms with E-state index >= 15 is 0 Å². The standard InChI is InChI=1S/C19H21N3O3/c1-12-6-5-7-15(10-12)25-13(2)18(23)20-14-8-9-16-17(11-14)22(4)19(24)21(16)3/h5-11,13H,1-4H3,(H,20,23)/t13-/m0/s1. The van der Waals surface area contributed by atoms with E-state index in [-0.39, 0.29) is 11.6 Å². The molecule has 1 aromatic heterocycles. The fraction of sp³-hybridized carbons (Fsp3) is 0.263. The predicted molar refractivity (Wildman–Crippen MR) is 98.1 cm³/mol. The summed E-state index contributed by atoms with van der Waals surface area (Å²) in [5.41, 5.74) is 3.17. The van der Waals surface area contributed by atoms with Crippen molar-refractivity contribution in [2.45, 2.75) is 20.0 Å². The Labute approximate surface area is 145 Å². The second kappa shape index (κ2) is 6.47.